The van der Waals surface area contributed by atoms with Crippen LogP contribution in [0.25, 0.3) is 11.4 Å². The van der Waals surface area contributed by atoms with Crippen molar-refractivity contribution in [3.05, 3.63) is 30.9 Å². The van der Waals surface area contributed by atoms with E-state index < -0.39 is 0 Å². The Morgan fingerprint density at radius 3 is 2.63 bits per heavy atom. The van der Waals surface area contributed by atoms with Crippen molar-refractivity contribution < 1.29 is 14.6 Å². The molecule has 0 radical (unpaired) electrons. The average molecular weight is 261 g/mol. The third-order valence-corrected chi connectivity index (χ3v) is 2.40. The maximum Gasteiger partial charge on any atom is 0.166 e. The van der Waals surface area contributed by atoms with Gasteiger partial charge in [0.05, 0.1) is 12.2 Å². The quantitative estimate of drug-likeness (QED) is 0.797. The standard InChI is InChI=1S/C13H15N3O3/c1-2-18-5-6-19-10-3-4-11(12(17)7-10)13-15-8-14-9-16-13/h3-4,7-9,17H,2,5-6H2,1H3. The Hall–Kier alpha value is -2.21. The first-order valence-electron chi connectivity index (χ1n) is 5.97. The topological polar surface area (TPSA) is 77.4 Å². The second-order valence-corrected chi connectivity index (χ2v) is 3.69. The van der Waals surface area contributed by atoms with Crippen LogP contribution in [0, 0.1) is 0 Å². The van der Waals surface area contributed by atoms with Crippen molar-refractivity contribution in [3.63, 3.8) is 0 Å². The van der Waals surface area contributed by atoms with Crippen molar-refractivity contribution in [3.8, 4) is 22.9 Å². The first-order valence-corrected chi connectivity index (χ1v) is 5.97. The van der Waals surface area contributed by atoms with Crippen LogP contribution in [0.1, 0.15) is 6.92 Å². The van der Waals surface area contributed by atoms with Gasteiger partial charge in [-0.1, -0.05) is 0 Å². The zero-order valence-electron chi connectivity index (χ0n) is 10.6. The molecule has 0 amide bonds. The number of phenolic OH excluding ortho intramolecular Hbond substituents is 1. The number of aromatic nitrogens is 3. The summed E-state index contributed by atoms with van der Waals surface area (Å²) in [5.41, 5.74) is 0.541. The molecule has 2 aromatic rings. The van der Waals surface area contributed by atoms with E-state index in [2.05, 4.69) is 15.0 Å². The Morgan fingerprint density at radius 1 is 1.16 bits per heavy atom. The third-order valence-electron chi connectivity index (χ3n) is 2.40. The predicted octanol–water partition coefficient (Wildman–Crippen LogP) is 1.66. The van der Waals surface area contributed by atoms with Crippen LogP contribution in [0.2, 0.25) is 0 Å². The van der Waals surface area contributed by atoms with Gasteiger partial charge in [0, 0.05) is 12.7 Å². The molecule has 0 aliphatic heterocycles. The maximum absolute atomic E-state index is 9.94. The van der Waals surface area contributed by atoms with Gasteiger partial charge in [0.2, 0.25) is 0 Å². The first kappa shape index (κ1) is 13.2. The summed E-state index contributed by atoms with van der Waals surface area (Å²) < 4.78 is 10.6. The molecule has 0 saturated heterocycles. The van der Waals surface area contributed by atoms with E-state index in [-0.39, 0.29) is 5.75 Å². The highest BCUT2D eigenvalue weighted by atomic mass is 16.5. The Morgan fingerprint density at radius 2 is 1.95 bits per heavy atom. The maximum atomic E-state index is 9.94. The minimum absolute atomic E-state index is 0.0695. The van der Waals surface area contributed by atoms with Crippen molar-refractivity contribution in [2.45, 2.75) is 6.92 Å². The first-order chi connectivity index (χ1) is 9.31. The Kier molecular flexibility index (Phi) is 4.63. The summed E-state index contributed by atoms with van der Waals surface area (Å²) in [6.45, 7) is 3.55. The number of ether oxygens (including phenoxy) is 2. The molecule has 0 fully saturated rings. The van der Waals surface area contributed by atoms with E-state index >= 15 is 0 Å². The fourth-order valence-corrected chi connectivity index (χ4v) is 1.53. The number of phenols is 1. The largest absolute Gasteiger partial charge is 0.507 e. The number of rotatable bonds is 6. The molecule has 0 unspecified atom stereocenters. The fourth-order valence-electron chi connectivity index (χ4n) is 1.53. The molecule has 1 heterocycles. The molecule has 1 aromatic heterocycles. The van der Waals surface area contributed by atoms with Gasteiger partial charge in [-0.3, -0.25) is 0 Å². The summed E-state index contributed by atoms with van der Waals surface area (Å²) in [6, 6.07) is 5.00. The van der Waals surface area contributed by atoms with Gasteiger partial charge in [-0.05, 0) is 19.1 Å². The van der Waals surface area contributed by atoms with Crippen molar-refractivity contribution >= 4 is 0 Å². The van der Waals surface area contributed by atoms with Crippen LogP contribution in [-0.4, -0.2) is 39.9 Å². The van der Waals surface area contributed by atoms with Gasteiger partial charge >= 0.3 is 0 Å². The van der Waals surface area contributed by atoms with Crippen molar-refractivity contribution in [2.75, 3.05) is 19.8 Å². The van der Waals surface area contributed by atoms with E-state index in [0.717, 1.165) is 0 Å². The van der Waals surface area contributed by atoms with E-state index in [1.807, 2.05) is 6.92 Å². The molecule has 6 nitrogen and oxygen atoms in total. The lowest BCUT2D eigenvalue weighted by atomic mass is 10.2. The molecule has 100 valence electrons. The van der Waals surface area contributed by atoms with Crippen LogP contribution in [0.5, 0.6) is 11.5 Å². The van der Waals surface area contributed by atoms with Crippen LogP contribution in [0.3, 0.4) is 0 Å². The number of aromatic hydroxyl groups is 1. The molecule has 19 heavy (non-hydrogen) atoms. The highest BCUT2D eigenvalue weighted by Crippen LogP contribution is 2.29. The van der Waals surface area contributed by atoms with E-state index in [1.165, 1.54) is 18.7 Å². The van der Waals surface area contributed by atoms with E-state index in [9.17, 15) is 5.11 Å². The molecule has 0 aliphatic carbocycles. The molecule has 2 rings (SSSR count). The summed E-state index contributed by atoms with van der Waals surface area (Å²) in [4.78, 5) is 11.7. The minimum atomic E-state index is 0.0695. The van der Waals surface area contributed by atoms with Crippen LogP contribution >= 0.6 is 0 Å². The van der Waals surface area contributed by atoms with Crippen LogP contribution in [0.4, 0.5) is 0 Å². The molecule has 0 aliphatic rings. The van der Waals surface area contributed by atoms with Crippen molar-refractivity contribution in [1.82, 2.24) is 15.0 Å². The second-order valence-electron chi connectivity index (χ2n) is 3.69. The van der Waals surface area contributed by atoms with Gasteiger partial charge in [0.1, 0.15) is 30.8 Å². The zero-order valence-corrected chi connectivity index (χ0v) is 10.6. The lowest BCUT2D eigenvalue weighted by Crippen LogP contribution is -2.06. The van der Waals surface area contributed by atoms with Crippen LogP contribution in [0.15, 0.2) is 30.9 Å². The summed E-state index contributed by atoms with van der Waals surface area (Å²) in [6.07, 6.45) is 2.77. The van der Waals surface area contributed by atoms with Gasteiger partial charge in [0.25, 0.3) is 0 Å². The van der Waals surface area contributed by atoms with Gasteiger partial charge < -0.3 is 14.6 Å². The van der Waals surface area contributed by atoms with Gasteiger partial charge in [-0.25, -0.2) is 15.0 Å². The highest BCUT2D eigenvalue weighted by Gasteiger charge is 2.08. The Balaban J connectivity index is 2.05. The van der Waals surface area contributed by atoms with Crippen molar-refractivity contribution in [2.24, 2.45) is 0 Å². The highest BCUT2D eigenvalue weighted by molar-refractivity contribution is 5.64. The SMILES string of the molecule is CCOCCOc1ccc(-c2ncncn2)c(O)c1. The zero-order chi connectivity index (χ0) is 13.5. The fraction of sp³-hybridized carbons (Fsp3) is 0.308. The van der Waals surface area contributed by atoms with E-state index in [1.54, 1.807) is 12.1 Å². The summed E-state index contributed by atoms with van der Waals surface area (Å²) in [5.74, 6) is 1.07. The molecule has 0 bridgehead atoms. The Bertz CT molecular complexity index is 520. The molecular weight excluding hydrogens is 246 g/mol. The molecule has 6 heteroatoms. The van der Waals surface area contributed by atoms with E-state index in [4.69, 9.17) is 9.47 Å². The normalized spacial score (nSPS) is 10.4. The predicted molar refractivity (Wildman–Crippen MR) is 68.9 cm³/mol. The smallest absolute Gasteiger partial charge is 0.166 e. The van der Waals surface area contributed by atoms with Crippen LogP contribution in [-0.2, 0) is 4.74 Å². The number of benzene rings is 1. The molecule has 1 N–H and O–H groups in total. The number of hydrogen-bond acceptors (Lipinski definition) is 6. The summed E-state index contributed by atoms with van der Waals surface area (Å²) in [7, 11) is 0. The summed E-state index contributed by atoms with van der Waals surface area (Å²) >= 11 is 0. The van der Waals surface area contributed by atoms with Gasteiger partial charge in [0.15, 0.2) is 5.82 Å². The molecule has 0 spiro atoms. The third kappa shape index (κ3) is 3.62. The minimum Gasteiger partial charge on any atom is -0.507 e. The number of nitrogens with zero attached hydrogens (tertiary/aromatic N) is 3. The average Bonchev–Trinajstić information content (AvgIpc) is 2.45. The monoisotopic (exact) mass is 261 g/mol. The summed E-state index contributed by atoms with van der Waals surface area (Å²) in [5, 5.41) is 9.94. The molecular formula is C13H15N3O3. The molecule has 1 aromatic carbocycles. The van der Waals surface area contributed by atoms with Gasteiger partial charge in [-0.15, -0.1) is 0 Å². The lowest BCUT2D eigenvalue weighted by molar-refractivity contribution is 0.110. The van der Waals surface area contributed by atoms with Crippen molar-refractivity contribution in [1.29, 1.82) is 0 Å². The molecule has 0 saturated carbocycles. The number of hydrogen-bond donors (Lipinski definition) is 1. The van der Waals surface area contributed by atoms with Gasteiger partial charge in [-0.2, -0.15) is 0 Å². The molecule has 0 atom stereocenters. The Labute approximate surface area is 111 Å². The van der Waals surface area contributed by atoms with E-state index in [0.29, 0.717) is 37.0 Å². The lowest BCUT2D eigenvalue weighted by Gasteiger charge is -2.08. The van der Waals surface area contributed by atoms with Crippen LogP contribution < -0.4 is 4.74 Å². The second kappa shape index (κ2) is 6.65.